The van der Waals surface area contributed by atoms with Crippen LogP contribution in [0.5, 0.6) is 0 Å². The minimum atomic E-state index is -0.182. The molecule has 21 heavy (non-hydrogen) atoms. The van der Waals surface area contributed by atoms with E-state index in [4.69, 9.17) is 17.3 Å². The lowest BCUT2D eigenvalue weighted by Crippen LogP contribution is -2.38. The third kappa shape index (κ3) is 4.35. The molecule has 1 fully saturated rings. The fourth-order valence-corrected chi connectivity index (χ4v) is 3.05. The Labute approximate surface area is 131 Å². The van der Waals surface area contributed by atoms with Crippen molar-refractivity contribution < 1.29 is 4.79 Å². The number of carbonyl (C=O) groups excluding carboxylic acids is 1. The molecule has 116 valence electrons. The second kappa shape index (κ2) is 7.66. The summed E-state index contributed by atoms with van der Waals surface area (Å²) in [4.78, 5) is 13.4. The summed E-state index contributed by atoms with van der Waals surface area (Å²) in [6.45, 7) is 5.68. The Morgan fingerprint density at radius 2 is 2.14 bits per heavy atom. The molecule has 2 rings (SSSR count). The summed E-state index contributed by atoms with van der Waals surface area (Å²) in [5.74, 6) is -0.171. The van der Waals surface area contributed by atoms with E-state index in [0.29, 0.717) is 0 Å². The Balaban J connectivity index is 1.96. The molecular formula is C16H24ClN3O. The van der Waals surface area contributed by atoms with Gasteiger partial charge in [-0.25, -0.2) is 0 Å². The predicted molar refractivity (Wildman–Crippen MR) is 87.6 cm³/mol. The van der Waals surface area contributed by atoms with Gasteiger partial charge in [-0.2, -0.15) is 0 Å². The number of nitrogens with two attached hydrogens (primary N) is 1. The van der Waals surface area contributed by atoms with Crippen LogP contribution in [0.15, 0.2) is 18.2 Å². The lowest BCUT2D eigenvalue weighted by molar-refractivity contribution is -0.122. The summed E-state index contributed by atoms with van der Waals surface area (Å²) in [5, 5.41) is 4.15. The molecule has 0 bridgehead atoms. The summed E-state index contributed by atoms with van der Waals surface area (Å²) >= 11 is 6.41. The van der Waals surface area contributed by atoms with Crippen LogP contribution in [0.25, 0.3) is 0 Å². The highest BCUT2D eigenvalue weighted by atomic mass is 35.5. The Morgan fingerprint density at radius 3 is 2.71 bits per heavy atom. The van der Waals surface area contributed by atoms with E-state index in [1.807, 2.05) is 6.07 Å². The Kier molecular flexibility index (Phi) is 5.88. The molecule has 0 aliphatic carbocycles. The number of benzene rings is 1. The van der Waals surface area contributed by atoms with Gasteiger partial charge in [-0.1, -0.05) is 24.6 Å². The van der Waals surface area contributed by atoms with Crippen LogP contribution in [-0.4, -0.2) is 25.5 Å². The highest BCUT2D eigenvalue weighted by Crippen LogP contribution is 2.30. The normalized spacial score (nSPS) is 16.2. The number of amides is 1. The van der Waals surface area contributed by atoms with Gasteiger partial charge in [0, 0.05) is 25.6 Å². The van der Waals surface area contributed by atoms with Crippen molar-refractivity contribution in [2.75, 3.05) is 24.5 Å². The summed E-state index contributed by atoms with van der Waals surface area (Å²) in [6.07, 6.45) is 2.75. The maximum atomic E-state index is 11.2. The molecule has 3 N–H and O–H groups in total. The molecule has 1 heterocycles. The van der Waals surface area contributed by atoms with E-state index in [9.17, 15) is 4.79 Å². The Hall–Kier alpha value is -1.26. The minimum Gasteiger partial charge on any atom is -0.370 e. The van der Waals surface area contributed by atoms with Crippen LogP contribution in [0, 0.1) is 5.92 Å². The van der Waals surface area contributed by atoms with Gasteiger partial charge in [-0.15, -0.1) is 0 Å². The maximum Gasteiger partial charge on any atom is 0.220 e. The van der Waals surface area contributed by atoms with E-state index >= 15 is 0 Å². The van der Waals surface area contributed by atoms with Crippen molar-refractivity contribution in [3.8, 4) is 0 Å². The molecule has 5 heteroatoms. The van der Waals surface area contributed by atoms with Gasteiger partial charge >= 0.3 is 0 Å². The third-order valence-electron chi connectivity index (χ3n) is 4.01. The molecule has 0 aromatic heterocycles. The molecule has 0 unspecified atom stereocenters. The molecule has 1 aromatic carbocycles. The van der Waals surface area contributed by atoms with Crippen LogP contribution >= 0.6 is 11.6 Å². The van der Waals surface area contributed by atoms with Gasteiger partial charge in [-0.05, 0) is 43.5 Å². The summed E-state index contributed by atoms with van der Waals surface area (Å²) in [7, 11) is 0. The number of hydrogen-bond donors (Lipinski definition) is 2. The number of halogens is 1. The van der Waals surface area contributed by atoms with Crippen molar-refractivity contribution in [1.82, 2.24) is 5.32 Å². The highest BCUT2D eigenvalue weighted by molar-refractivity contribution is 6.33. The summed E-state index contributed by atoms with van der Waals surface area (Å²) < 4.78 is 0. The largest absolute Gasteiger partial charge is 0.370 e. The van der Waals surface area contributed by atoms with Crippen LogP contribution in [0.1, 0.15) is 31.7 Å². The van der Waals surface area contributed by atoms with Crippen molar-refractivity contribution in [3.05, 3.63) is 28.8 Å². The van der Waals surface area contributed by atoms with Crippen molar-refractivity contribution in [3.63, 3.8) is 0 Å². The summed E-state index contributed by atoms with van der Waals surface area (Å²) in [6, 6.07) is 6.22. The first-order chi connectivity index (χ1) is 10.1. The average Bonchev–Trinajstić information content (AvgIpc) is 2.48. The molecule has 1 aliphatic heterocycles. The number of nitrogens with zero attached hydrogens (tertiary/aromatic N) is 1. The van der Waals surface area contributed by atoms with Gasteiger partial charge < -0.3 is 16.0 Å². The standard InChI is InChI=1S/C16H24ClN3O/c1-2-7-19-11-12-3-4-15(14(17)10-12)20-8-5-13(6-9-20)16(18)21/h3-4,10,13,19H,2,5-9,11H2,1H3,(H2,18,21). The van der Waals surface area contributed by atoms with Crippen LogP contribution in [-0.2, 0) is 11.3 Å². The van der Waals surface area contributed by atoms with Crippen LogP contribution in [0.3, 0.4) is 0 Å². The molecule has 1 saturated heterocycles. The third-order valence-corrected chi connectivity index (χ3v) is 4.31. The molecule has 1 amide bonds. The van der Waals surface area contributed by atoms with Crippen LogP contribution < -0.4 is 16.0 Å². The quantitative estimate of drug-likeness (QED) is 0.794. The van der Waals surface area contributed by atoms with Crippen LogP contribution in [0.4, 0.5) is 5.69 Å². The first kappa shape index (κ1) is 16.1. The zero-order valence-corrected chi connectivity index (χ0v) is 13.3. The van der Waals surface area contributed by atoms with E-state index in [-0.39, 0.29) is 11.8 Å². The van der Waals surface area contributed by atoms with Crippen molar-refractivity contribution in [2.45, 2.75) is 32.7 Å². The molecule has 0 radical (unpaired) electrons. The second-order valence-electron chi connectivity index (χ2n) is 5.63. The van der Waals surface area contributed by atoms with Gasteiger partial charge in [0.05, 0.1) is 10.7 Å². The van der Waals surface area contributed by atoms with E-state index in [1.165, 1.54) is 5.56 Å². The van der Waals surface area contributed by atoms with E-state index in [2.05, 4.69) is 29.3 Å². The zero-order valence-electron chi connectivity index (χ0n) is 12.6. The topological polar surface area (TPSA) is 58.4 Å². The Bertz CT molecular complexity index is 484. The average molecular weight is 310 g/mol. The van der Waals surface area contributed by atoms with Crippen LogP contribution in [0.2, 0.25) is 5.02 Å². The first-order valence-electron chi connectivity index (χ1n) is 7.65. The monoisotopic (exact) mass is 309 g/mol. The number of primary amides is 1. The number of piperidine rings is 1. The van der Waals surface area contributed by atoms with Gasteiger partial charge in [0.1, 0.15) is 0 Å². The molecule has 0 saturated carbocycles. The van der Waals surface area contributed by atoms with E-state index in [0.717, 1.165) is 56.2 Å². The molecule has 1 aliphatic rings. The predicted octanol–water partition coefficient (Wildman–Crippen LogP) is 2.54. The maximum absolute atomic E-state index is 11.2. The second-order valence-corrected chi connectivity index (χ2v) is 6.03. The zero-order chi connectivity index (χ0) is 15.2. The lowest BCUT2D eigenvalue weighted by Gasteiger charge is -2.33. The number of rotatable bonds is 6. The molecule has 0 atom stereocenters. The van der Waals surface area contributed by atoms with E-state index in [1.54, 1.807) is 0 Å². The lowest BCUT2D eigenvalue weighted by atomic mass is 9.96. The number of anilines is 1. The number of carbonyl (C=O) groups is 1. The van der Waals surface area contributed by atoms with E-state index < -0.39 is 0 Å². The van der Waals surface area contributed by atoms with Gasteiger partial charge in [0.2, 0.25) is 5.91 Å². The number of nitrogens with one attached hydrogen (secondary N) is 1. The molecule has 1 aromatic rings. The van der Waals surface area contributed by atoms with Gasteiger partial charge in [0.15, 0.2) is 0 Å². The molecule has 0 spiro atoms. The van der Waals surface area contributed by atoms with Gasteiger partial charge in [-0.3, -0.25) is 4.79 Å². The van der Waals surface area contributed by atoms with Crippen molar-refractivity contribution in [2.24, 2.45) is 11.7 Å². The first-order valence-corrected chi connectivity index (χ1v) is 8.03. The van der Waals surface area contributed by atoms with Gasteiger partial charge in [0.25, 0.3) is 0 Å². The Morgan fingerprint density at radius 1 is 1.43 bits per heavy atom. The van der Waals surface area contributed by atoms with Crippen molar-refractivity contribution in [1.29, 1.82) is 0 Å². The fraction of sp³-hybridized carbons (Fsp3) is 0.562. The SMILES string of the molecule is CCCNCc1ccc(N2CCC(C(N)=O)CC2)c(Cl)c1. The fourth-order valence-electron chi connectivity index (χ4n) is 2.73. The summed E-state index contributed by atoms with van der Waals surface area (Å²) in [5.41, 5.74) is 7.62. The smallest absolute Gasteiger partial charge is 0.220 e. The highest BCUT2D eigenvalue weighted by Gasteiger charge is 2.24. The number of hydrogen-bond acceptors (Lipinski definition) is 3. The minimum absolute atomic E-state index is 0.0116. The molecular weight excluding hydrogens is 286 g/mol. The molecule has 4 nitrogen and oxygen atoms in total. The van der Waals surface area contributed by atoms with Crippen molar-refractivity contribution >= 4 is 23.2 Å².